The average molecular weight is 246 g/mol. The van der Waals surface area contributed by atoms with Crippen molar-refractivity contribution in [3.8, 4) is 0 Å². The first-order chi connectivity index (χ1) is 8.72. The van der Waals surface area contributed by atoms with Crippen molar-refractivity contribution >= 4 is 5.91 Å². The van der Waals surface area contributed by atoms with Gasteiger partial charge in [0, 0.05) is 13.1 Å². The lowest BCUT2D eigenvalue weighted by Crippen LogP contribution is -2.46. The summed E-state index contributed by atoms with van der Waals surface area (Å²) in [6.07, 6.45) is 2.82. The number of carbonyl (C=O) groups excluding carboxylic acids is 1. The van der Waals surface area contributed by atoms with Crippen molar-refractivity contribution in [1.82, 2.24) is 4.90 Å². The van der Waals surface area contributed by atoms with Crippen molar-refractivity contribution in [1.29, 1.82) is 0 Å². The molecule has 1 aromatic carbocycles. The first-order valence-corrected chi connectivity index (χ1v) is 6.81. The smallest absolute Gasteiger partial charge is 0.239 e. The van der Waals surface area contributed by atoms with Crippen LogP contribution in [0.25, 0.3) is 0 Å². The van der Waals surface area contributed by atoms with Crippen LogP contribution in [0.1, 0.15) is 37.7 Å². The third-order valence-corrected chi connectivity index (χ3v) is 3.83. The van der Waals surface area contributed by atoms with Gasteiger partial charge in [0.05, 0.1) is 6.04 Å². The maximum atomic E-state index is 12.0. The van der Waals surface area contributed by atoms with Gasteiger partial charge in [-0.15, -0.1) is 0 Å². The molecular weight excluding hydrogens is 224 g/mol. The summed E-state index contributed by atoms with van der Waals surface area (Å²) in [6, 6.07) is 10.3. The van der Waals surface area contributed by atoms with E-state index in [-0.39, 0.29) is 11.9 Å². The molecule has 2 rings (SSSR count). The molecule has 0 radical (unpaired) electrons. The van der Waals surface area contributed by atoms with Gasteiger partial charge in [-0.05, 0) is 30.7 Å². The van der Waals surface area contributed by atoms with E-state index in [9.17, 15) is 4.79 Å². The molecule has 1 heterocycles. The molecule has 1 aliphatic heterocycles. The molecule has 98 valence electrons. The number of benzene rings is 1. The Morgan fingerprint density at radius 1 is 1.33 bits per heavy atom. The topological polar surface area (TPSA) is 46.3 Å². The van der Waals surface area contributed by atoms with Crippen molar-refractivity contribution in [3.05, 3.63) is 35.9 Å². The van der Waals surface area contributed by atoms with Gasteiger partial charge in [0.25, 0.3) is 0 Å². The second-order valence-electron chi connectivity index (χ2n) is 5.02. The maximum absolute atomic E-state index is 12.0. The Morgan fingerprint density at radius 2 is 1.94 bits per heavy atom. The second-order valence-corrected chi connectivity index (χ2v) is 5.02. The Kier molecular flexibility index (Phi) is 4.37. The fourth-order valence-corrected chi connectivity index (χ4v) is 2.57. The molecule has 0 spiro atoms. The van der Waals surface area contributed by atoms with Gasteiger partial charge >= 0.3 is 0 Å². The monoisotopic (exact) mass is 246 g/mol. The number of rotatable bonds is 3. The van der Waals surface area contributed by atoms with E-state index in [2.05, 4.69) is 24.3 Å². The molecule has 18 heavy (non-hydrogen) atoms. The van der Waals surface area contributed by atoms with Crippen LogP contribution in [0, 0.1) is 0 Å². The van der Waals surface area contributed by atoms with Crippen molar-refractivity contribution in [3.63, 3.8) is 0 Å². The Labute approximate surface area is 109 Å². The summed E-state index contributed by atoms with van der Waals surface area (Å²) >= 11 is 0. The van der Waals surface area contributed by atoms with E-state index in [0.29, 0.717) is 5.92 Å². The van der Waals surface area contributed by atoms with Gasteiger partial charge in [0.2, 0.25) is 5.91 Å². The lowest BCUT2D eigenvalue weighted by atomic mass is 9.89. The first kappa shape index (κ1) is 13.1. The fraction of sp³-hybridized carbons (Fsp3) is 0.533. The first-order valence-electron chi connectivity index (χ1n) is 6.81. The van der Waals surface area contributed by atoms with E-state index in [1.807, 2.05) is 17.9 Å². The predicted molar refractivity (Wildman–Crippen MR) is 73.3 cm³/mol. The van der Waals surface area contributed by atoms with Crippen LogP contribution in [-0.2, 0) is 4.79 Å². The van der Waals surface area contributed by atoms with E-state index >= 15 is 0 Å². The number of likely N-dealkylation sites (tertiary alicyclic amines) is 1. The highest BCUT2D eigenvalue weighted by atomic mass is 16.2. The number of carbonyl (C=O) groups is 1. The van der Waals surface area contributed by atoms with Crippen LogP contribution in [0.2, 0.25) is 0 Å². The summed E-state index contributed by atoms with van der Waals surface area (Å²) in [5.41, 5.74) is 7.19. The third kappa shape index (κ3) is 2.91. The summed E-state index contributed by atoms with van der Waals surface area (Å²) in [4.78, 5) is 13.9. The Balaban J connectivity index is 1.90. The van der Waals surface area contributed by atoms with Gasteiger partial charge in [-0.2, -0.15) is 0 Å². The second kappa shape index (κ2) is 6.01. The van der Waals surface area contributed by atoms with E-state index in [0.717, 1.165) is 32.4 Å². The lowest BCUT2D eigenvalue weighted by Gasteiger charge is -2.33. The molecule has 3 nitrogen and oxygen atoms in total. The summed E-state index contributed by atoms with van der Waals surface area (Å²) in [5, 5.41) is 0. The standard InChI is InChI=1S/C15H22N2O/c1-2-14(16)15(18)17-10-8-13(9-11-17)12-6-4-3-5-7-12/h3-7,13-14H,2,8-11,16H2,1H3/t14-/m0/s1. The molecule has 0 unspecified atom stereocenters. The maximum Gasteiger partial charge on any atom is 0.239 e. The van der Waals surface area contributed by atoms with E-state index in [1.165, 1.54) is 5.56 Å². The summed E-state index contributed by atoms with van der Waals surface area (Å²) in [7, 11) is 0. The minimum Gasteiger partial charge on any atom is -0.341 e. The molecule has 0 saturated carbocycles. The average Bonchev–Trinajstić information content (AvgIpc) is 2.47. The minimum absolute atomic E-state index is 0.115. The molecule has 2 N–H and O–H groups in total. The van der Waals surface area contributed by atoms with Crippen molar-refractivity contribution in [2.45, 2.75) is 38.1 Å². The quantitative estimate of drug-likeness (QED) is 0.888. The fourth-order valence-electron chi connectivity index (χ4n) is 2.57. The van der Waals surface area contributed by atoms with Crippen LogP contribution < -0.4 is 5.73 Å². The number of nitrogens with two attached hydrogens (primary N) is 1. The van der Waals surface area contributed by atoms with Crippen LogP contribution in [0.15, 0.2) is 30.3 Å². The molecule has 0 aromatic heterocycles. The van der Waals surface area contributed by atoms with Crippen LogP contribution in [-0.4, -0.2) is 29.9 Å². The van der Waals surface area contributed by atoms with Crippen molar-refractivity contribution in [2.75, 3.05) is 13.1 Å². The normalized spacial score (nSPS) is 18.7. The van der Waals surface area contributed by atoms with E-state index < -0.39 is 0 Å². The minimum atomic E-state index is -0.321. The molecule has 1 aliphatic rings. The Bertz CT molecular complexity index is 383. The number of hydrogen-bond donors (Lipinski definition) is 1. The van der Waals surface area contributed by atoms with Gasteiger partial charge in [0.1, 0.15) is 0 Å². The number of amides is 1. The number of piperidine rings is 1. The summed E-state index contributed by atoms with van der Waals surface area (Å²) in [6.45, 7) is 3.64. The molecule has 0 aliphatic carbocycles. The van der Waals surface area contributed by atoms with Crippen LogP contribution in [0.5, 0.6) is 0 Å². The van der Waals surface area contributed by atoms with Gasteiger partial charge in [-0.25, -0.2) is 0 Å². The van der Waals surface area contributed by atoms with Gasteiger partial charge in [-0.1, -0.05) is 37.3 Å². The number of hydrogen-bond acceptors (Lipinski definition) is 2. The van der Waals surface area contributed by atoms with Crippen molar-refractivity contribution in [2.24, 2.45) is 5.73 Å². The Morgan fingerprint density at radius 3 is 2.50 bits per heavy atom. The van der Waals surface area contributed by atoms with Crippen LogP contribution in [0.4, 0.5) is 0 Å². The zero-order valence-corrected chi connectivity index (χ0v) is 11.0. The van der Waals surface area contributed by atoms with Crippen molar-refractivity contribution < 1.29 is 4.79 Å². The predicted octanol–water partition coefficient (Wildman–Crippen LogP) is 2.13. The highest BCUT2D eigenvalue weighted by Gasteiger charge is 2.25. The molecule has 1 amide bonds. The Hall–Kier alpha value is -1.35. The van der Waals surface area contributed by atoms with Crippen LogP contribution >= 0.6 is 0 Å². The van der Waals surface area contributed by atoms with Gasteiger partial charge in [0.15, 0.2) is 0 Å². The zero-order valence-electron chi connectivity index (χ0n) is 11.0. The molecule has 1 aromatic rings. The van der Waals surface area contributed by atoms with E-state index in [4.69, 9.17) is 5.73 Å². The van der Waals surface area contributed by atoms with E-state index in [1.54, 1.807) is 0 Å². The SMILES string of the molecule is CC[C@H](N)C(=O)N1CCC(c2ccccc2)CC1. The third-order valence-electron chi connectivity index (χ3n) is 3.83. The highest BCUT2D eigenvalue weighted by molar-refractivity contribution is 5.81. The van der Waals surface area contributed by atoms with Gasteiger partial charge in [-0.3, -0.25) is 4.79 Å². The molecule has 1 fully saturated rings. The largest absolute Gasteiger partial charge is 0.341 e. The molecule has 1 saturated heterocycles. The molecule has 1 atom stereocenters. The molecule has 0 bridgehead atoms. The summed E-state index contributed by atoms with van der Waals surface area (Å²) in [5.74, 6) is 0.706. The van der Waals surface area contributed by atoms with Crippen LogP contribution in [0.3, 0.4) is 0 Å². The zero-order chi connectivity index (χ0) is 13.0. The summed E-state index contributed by atoms with van der Waals surface area (Å²) < 4.78 is 0. The number of nitrogens with zero attached hydrogens (tertiary/aromatic N) is 1. The highest BCUT2D eigenvalue weighted by Crippen LogP contribution is 2.27. The lowest BCUT2D eigenvalue weighted by molar-refractivity contribution is -0.133. The molecule has 3 heteroatoms. The van der Waals surface area contributed by atoms with Gasteiger partial charge < -0.3 is 10.6 Å². The molecular formula is C15H22N2O.